The summed E-state index contributed by atoms with van der Waals surface area (Å²) >= 11 is 0. The van der Waals surface area contributed by atoms with E-state index in [0.29, 0.717) is 5.56 Å². The average molecular weight is 483 g/mol. The van der Waals surface area contributed by atoms with Crippen molar-refractivity contribution >= 4 is 19.9 Å². The molecule has 34 heavy (non-hydrogen) atoms. The van der Waals surface area contributed by atoms with E-state index in [-0.39, 0.29) is 24.7 Å². The minimum atomic E-state index is -4.69. The highest BCUT2D eigenvalue weighted by atomic mass is 31.2. The maximum absolute atomic E-state index is 12.4. The van der Waals surface area contributed by atoms with Gasteiger partial charge in [-0.3, -0.25) is 9.79 Å². The Morgan fingerprint density at radius 2 is 1.47 bits per heavy atom. The van der Waals surface area contributed by atoms with E-state index in [9.17, 15) is 19.3 Å². The van der Waals surface area contributed by atoms with Crippen LogP contribution in [0.2, 0.25) is 0 Å². The van der Waals surface area contributed by atoms with Crippen LogP contribution in [0.3, 0.4) is 0 Å². The van der Waals surface area contributed by atoms with E-state index < -0.39 is 25.9 Å². The Balaban J connectivity index is 1.39. The lowest BCUT2D eigenvalue weighted by atomic mass is 9.98. The van der Waals surface area contributed by atoms with Gasteiger partial charge in [0, 0.05) is 12.3 Å². The van der Waals surface area contributed by atoms with Gasteiger partial charge in [0.1, 0.15) is 18.4 Å². The predicted octanol–water partition coefficient (Wildman–Crippen LogP) is 3.69. The van der Waals surface area contributed by atoms with Crippen LogP contribution in [-0.4, -0.2) is 39.6 Å². The number of carbonyl (C=O) groups is 2. The molecule has 1 unspecified atom stereocenters. The lowest BCUT2D eigenvalue weighted by molar-refractivity contribution is -0.139. The van der Waals surface area contributed by atoms with Crippen LogP contribution in [0.15, 0.2) is 72.8 Å². The second kappa shape index (κ2) is 9.69. The van der Waals surface area contributed by atoms with Gasteiger partial charge in [-0.15, -0.1) is 0 Å². The van der Waals surface area contributed by atoms with Gasteiger partial charge in [-0.05, 0) is 39.9 Å². The van der Waals surface area contributed by atoms with Gasteiger partial charge in [0.2, 0.25) is 0 Å². The molecule has 10 heteroatoms. The Morgan fingerprint density at radius 1 is 0.912 bits per heavy atom. The van der Waals surface area contributed by atoms with Gasteiger partial charge < -0.3 is 19.7 Å². The van der Waals surface area contributed by atoms with Crippen molar-refractivity contribution in [2.45, 2.75) is 18.4 Å². The summed E-state index contributed by atoms with van der Waals surface area (Å²) in [6, 6.07) is 20.0. The number of phosphoric ester groups is 1. The number of nitrogens with one attached hydrogen (secondary N) is 1. The zero-order valence-electron chi connectivity index (χ0n) is 17.8. The van der Waals surface area contributed by atoms with Gasteiger partial charge in [0.15, 0.2) is 0 Å². The van der Waals surface area contributed by atoms with Crippen LogP contribution in [0.4, 0.5) is 4.79 Å². The highest BCUT2D eigenvalue weighted by molar-refractivity contribution is 7.46. The number of hydrogen-bond acceptors (Lipinski definition) is 5. The molecule has 1 aliphatic rings. The van der Waals surface area contributed by atoms with Crippen molar-refractivity contribution in [3.63, 3.8) is 0 Å². The highest BCUT2D eigenvalue weighted by Crippen LogP contribution is 2.44. The largest absolute Gasteiger partial charge is 0.524 e. The number of ether oxygens (including phenoxy) is 1. The van der Waals surface area contributed by atoms with Crippen molar-refractivity contribution in [3.8, 4) is 16.9 Å². The maximum atomic E-state index is 12.4. The lowest BCUT2D eigenvalue weighted by Gasteiger charge is -2.17. The van der Waals surface area contributed by atoms with Gasteiger partial charge >= 0.3 is 19.9 Å². The predicted molar refractivity (Wildman–Crippen MR) is 122 cm³/mol. The van der Waals surface area contributed by atoms with Crippen molar-refractivity contribution in [2.75, 3.05) is 6.61 Å². The first kappa shape index (κ1) is 23.5. The summed E-state index contributed by atoms with van der Waals surface area (Å²) in [6.45, 7) is 0.0562. The van der Waals surface area contributed by atoms with Crippen LogP contribution in [0, 0.1) is 0 Å². The summed E-state index contributed by atoms with van der Waals surface area (Å²) < 4.78 is 20.8. The summed E-state index contributed by atoms with van der Waals surface area (Å²) in [5.74, 6) is -1.46. The van der Waals surface area contributed by atoms with Gasteiger partial charge in [0.05, 0.1) is 0 Å². The van der Waals surface area contributed by atoms with Gasteiger partial charge in [0.25, 0.3) is 0 Å². The first-order valence-electron chi connectivity index (χ1n) is 10.4. The summed E-state index contributed by atoms with van der Waals surface area (Å²) in [6.07, 6.45) is -0.911. The number of carboxylic acid groups (broad SMARTS) is 1. The molecule has 0 bridgehead atoms. The van der Waals surface area contributed by atoms with Crippen LogP contribution in [0.5, 0.6) is 5.75 Å². The third-order valence-electron chi connectivity index (χ3n) is 5.52. The van der Waals surface area contributed by atoms with Gasteiger partial charge in [-0.1, -0.05) is 60.7 Å². The van der Waals surface area contributed by atoms with Crippen LogP contribution in [0.1, 0.15) is 22.6 Å². The molecule has 0 heterocycles. The fourth-order valence-corrected chi connectivity index (χ4v) is 4.44. The molecule has 0 aromatic heterocycles. The first-order valence-corrected chi connectivity index (χ1v) is 11.9. The topological polar surface area (TPSA) is 142 Å². The van der Waals surface area contributed by atoms with E-state index in [1.54, 1.807) is 0 Å². The van der Waals surface area contributed by atoms with E-state index in [2.05, 4.69) is 9.84 Å². The highest BCUT2D eigenvalue weighted by Gasteiger charge is 2.29. The summed E-state index contributed by atoms with van der Waals surface area (Å²) in [5.41, 5.74) is 4.78. The zero-order valence-corrected chi connectivity index (χ0v) is 18.7. The molecule has 0 radical (unpaired) electrons. The second-order valence-electron chi connectivity index (χ2n) is 7.79. The summed E-state index contributed by atoms with van der Waals surface area (Å²) in [5, 5.41) is 11.9. The van der Waals surface area contributed by atoms with Crippen LogP contribution in [-0.2, 0) is 20.5 Å². The summed E-state index contributed by atoms with van der Waals surface area (Å²) in [7, 11) is -4.69. The fraction of sp³-hybridized carbons (Fsp3) is 0.167. The molecule has 1 aliphatic carbocycles. The lowest BCUT2D eigenvalue weighted by Crippen LogP contribution is -2.42. The average Bonchev–Trinajstić information content (AvgIpc) is 3.11. The third kappa shape index (κ3) is 5.46. The van der Waals surface area contributed by atoms with Crippen molar-refractivity contribution in [2.24, 2.45) is 0 Å². The number of phosphoric acid groups is 1. The van der Waals surface area contributed by atoms with E-state index >= 15 is 0 Å². The molecule has 0 aliphatic heterocycles. The molecule has 9 nitrogen and oxygen atoms in total. The molecule has 1 atom stereocenters. The molecule has 0 fully saturated rings. The molecule has 0 saturated heterocycles. The number of rotatable bonds is 8. The van der Waals surface area contributed by atoms with E-state index in [0.717, 1.165) is 22.3 Å². The molecule has 176 valence electrons. The van der Waals surface area contributed by atoms with Crippen LogP contribution >= 0.6 is 7.82 Å². The number of carbonyl (C=O) groups excluding carboxylic acids is 1. The number of amides is 1. The number of alkyl carbamates (subject to hydrolysis) is 1. The minimum Gasteiger partial charge on any atom is -0.480 e. The normalized spacial score (nSPS) is 13.5. The Morgan fingerprint density at radius 3 is 2.00 bits per heavy atom. The molecular formula is C24H22NO8P. The van der Waals surface area contributed by atoms with Crippen LogP contribution in [0.25, 0.3) is 11.1 Å². The Hall–Kier alpha value is -3.65. The number of carboxylic acids is 1. The second-order valence-corrected chi connectivity index (χ2v) is 8.95. The third-order valence-corrected chi connectivity index (χ3v) is 5.97. The SMILES string of the molecule is O=C(NC(Cc1ccc(OP(=O)(O)O)cc1)C(=O)O)OCC1c2ccccc2-c2ccccc21. The Labute approximate surface area is 195 Å². The smallest absolute Gasteiger partial charge is 0.480 e. The maximum Gasteiger partial charge on any atom is 0.524 e. The molecule has 0 spiro atoms. The standard InChI is InChI=1S/C24H22NO8P/c26-23(27)22(13-15-9-11-16(12-10-15)33-34(29,30)31)25-24(28)32-14-21-19-7-3-1-5-17(19)18-6-2-4-8-20(18)21/h1-12,21-22H,13-14H2,(H,25,28)(H,26,27)(H2,29,30,31). The number of benzene rings is 3. The molecular weight excluding hydrogens is 461 g/mol. The fourth-order valence-electron chi connectivity index (χ4n) is 4.04. The Bertz CT molecular complexity index is 1210. The summed E-state index contributed by atoms with van der Waals surface area (Å²) in [4.78, 5) is 41.8. The number of hydrogen-bond donors (Lipinski definition) is 4. The van der Waals surface area contributed by atoms with Crippen molar-refractivity contribution in [3.05, 3.63) is 89.5 Å². The van der Waals surface area contributed by atoms with Crippen molar-refractivity contribution in [1.29, 1.82) is 0 Å². The zero-order chi connectivity index (χ0) is 24.3. The first-order chi connectivity index (χ1) is 16.2. The number of fused-ring (bicyclic) bond motifs is 3. The van der Waals surface area contributed by atoms with Crippen molar-refractivity contribution in [1.82, 2.24) is 5.32 Å². The molecule has 3 aromatic rings. The molecule has 3 aromatic carbocycles. The van der Waals surface area contributed by atoms with E-state index in [1.807, 2.05) is 48.5 Å². The van der Waals surface area contributed by atoms with Crippen LogP contribution < -0.4 is 9.84 Å². The van der Waals surface area contributed by atoms with Crippen molar-refractivity contribution < 1.29 is 38.3 Å². The van der Waals surface area contributed by atoms with Gasteiger partial charge in [-0.25, -0.2) is 14.2 Å². The van der Waals surface area contributed by atoms with E-state index in [1.165, 1.54) is 24.3 Å². The monoisotopic (exact) mass is 483 g/mol. The molecule has 4 N–H and O–H groups in total. The molecule has 0 saturated carbocycles. The van der Waals surface area contributed by atoms with Gasteiger partial charge in [-0.2, -0.15) is 0 Å². The number of aliphatic carboxylic acids is 1. The van der Waals surface area contributed by atoms with E-state index in [4.69, 9.17) is 14.5 Å². The quantitative estimate of drug-likeness (QED) is 0.356. The molecule has 1 amide bonds. The molecule has 4 rings (SSSR count). The minimum absolute atomic E-state index is 0.0562. The Kier molecular flexibility index (Phi) is 6.70.